The van der Waals surface area contributed by atoms with Crippen molar-refractivity contribution in [1.29, 1.82) is 0 Å². The molecule has 0 saturated carbocycles. The summed E-state index contributed by atoms with van der Waals surface area (Å²) in [7, 11) is 0. The van der Waals surface area contributed by atoms with Gasteiger partial charge < -0.3 is 10.5 Å². The van der Waals surface area contributed by atoms with Crippen molar-refractivity contribution in [2.45, 2.75) is 19.4 Å². The summed E-state index contributed by atoms with van der Waals surface area (Å²) >= 11 is 11.9. The lowest BCUT2D eigenvalue weighted by molar-refractivity contribution is 0.442. The molecule has 0 bridgehead atoms. The van der Waals surface area contributed by atoms with Gasteiger partial charge in [0.1, 0.15) is 5.75 Å². The largest absolute Gasteiger partial charge is 0.454 e. The van der Waals surface area contributed by atoms with Gasteiger partial charge in [-0.25, -0.2) is 4.39 Å². The van der Waals surface area contributed by atoms with Crippen LogP contribution in [-0.4, -0.2) is 6.04 Å². The van der Waals surface area contributed by atoms with E-state index < -0.39 is 5.82 Å². The lowest BCUT2D eigenvalue weighted by Gasteiger charge is -2.11. The van der Waals surface area contributed by atoms with Crippen molar-refractivity contribution in [3.8, 4) is 11.5 Å². The van der Waals surface area contributed by atoms with Crippen molar-refractivity contribution in [3.63, 3.8) is 0 Å². The van der Waals surface area contributed by atoms with Crippen LogP contribution in [0.4, 0.5) is 4.39 Å². The fraction of sp³-hybridized carbons (Fsp3) is 0.200. The summed E-state index contributed by atoms with van der Waals surface area (Å²) in [6.45, 7) is 1.90. The molecule has 0 fully saturated rings. The Balaban J connectivity index is 2.22. The molecule has 0 aliphatic carbocycles. The highest BCUT2D eigenvalue weighted by Gasteiger charge is 2.10. The third-order valence-corrected chi connectivity index (χ3v) is 3.35. The average Bonchev–Trinajstić information content (AvgIpc) is 2.38. The molecule has 106 valence electrons. The van der Waals surface area contributed by atoms with Crippen molar-refractivity contribution in [3.05, 3.63) is 57.8 Å². The minimum absolute atomic E-state index is 0.0159. The summed E-state index contributed by atoms with van der Waals surface area (Å²) < 4.78 is 19.2. The van der Waals surface area contributed by atoms with Gasteiger partial charge in [0.15, 0.2) is 11.6 Å². The molecule has 0 radical (unpaired) electrons. The maximum Gasteiger partial charge on any atom is 0.184 e. The zero-order valence-electron chi connectivity index (χ0n) is 10.9. The van der Waals surface area contributed by atoms with E-state index >= 15 is 0 Å². The monoisotopic (exact) mass is 313 g/mol. The number of nitrogens with two attached hydrogens (primary N) is 1. The maximum absolute atomic E-state index is 13.7. The molecule has 1 unspecified atom stereocenters. The van der Waals surface area contributed by atoms with E-state index in [0.29, 0.717) is 17.2 Å². The fourth-order valence-electron chi connectivity index (χ4n) is 1.79. The molecule has 20 heavy (non-hydrogen) atoms. The number of rotatable bonds is 4. The predicted molar refractivity (Wildman–Crippen MR) is 80.3 cm³/mol. The normalized spacial score (nSPS) is 12.2. The van der Waals surface area contributed by atoms with Crippen molar-refractivity contribution in [1.82, 2.24) is 0 Å². The second-order valence-electron chi connectivity index (χ2n) is 4.59. The van der Waals surface area contributed by atoms with Crippen LogP contribution in [0.15, 0.2) is 36.4 Å². The Morgan fingerprint density at radius 2 is 1.95 bits per heavy atom. The van der Waals surface area contributed by atoms with E-state index in [4.69, 9.17) is 33.7 Å². The van der Waals surface area contributed by atoms with Gasteiger partial charge in [-0.15, -0.1) is 0 Å². The summed E-state index contributed by atoms with van der Waals surface area (Å²) in [4.78, 5) is 0. The van der Waals surface area contributed by atoms with Crippen molar-refractivity contribution in [2.24, 2.45) is 5.73 Å². The van der Waals surface area contributed by atoms with Crippen molar-refractivity contribution >= 4 is 23.2 Å². The first-order chi connectivity index (χ1) is 9.47. The van der Waals surface area contributed by atoms with Gasteiger partial charge in [-0.2, -0.15) is 0 Å². The topological polar surface area (TPSA) is 35.2 Å². The molecule has 2 nitrogen and oxygen atoms in total. The smallest absolute Gasteiger partial charge is 0.184 e. The van der Waals surface area contributed by atoms with Crippen molar-refractivity contribution in [2.75, 3.05) is 0 Å². The van der Waals surface area contributed by atoms with Crippen molar-refractivity contribution < 1.29 is 9.13 Å². The highest BCUT2D eigenvalue weighted by molar-refractivity contribution is 6.31. The first kappa shape index (κ1) is 15.1. The Morgan fingerprint density at radius 3 is 2.60 bits per heavy atom. The van der Waals surface area contributed by atoms with Crippen LogP contribution < -0.4 is 10.5 Å². The molecule has 0 aliphatic heterocycles. The number of ether oxygens (including phenoxy) is 1. The van der Waals surface area contributed by atoms with Gasteiger partial charge in [0, 0.05) is 11.1 Å². The van der Waals surface area contributed by atoms with E-state index in [9.17, 15) is 4.39 Å². The highest BCUT2D eigenvalue weighted by Crippen LogP contribution is 2.31. The van der Waals surface area contributed by atoms with Crippen LogP contribution >= 0.6 is 23.2 Å². The second-order valence-corrected chi connectivity index (χ2v) is 5.40. The predicted octanol–water partition coefficient (Wildman–Crippen LogP) is 4.81. The molecular weight excluding hydrogens is 300 g/mol. The average molecular weight is 314 g/mol. The van der Waals surface area contributed by atoms with Crippen LogP contribution in [-0.2, 0) is 6.42 Å². The molecule has 2 rings (SSSR count). The van der Waals surface area contributed by atoms with Gasteiger partial charge in [0.25, 0.3) is 0 Å². The number of halogens is 3. The minimum Gasteiger partial charge on any atom is -0.454 e. The minimum atomic E-state index is -0.593. The highest BCUT2D eigenvalue weighted by atomic mass is 35.5. The Labute approximate surface area is 127 Å². The van der Waals surface area contributed by atoms with E-state index in [1.165, 1.54) is 12.1 Å². The van der Waals surface area contributed by atoms with E-state index in [-0.39, 0.29) is 16.8 Å². The Morgan fingerprint density at radius 1 is 1.20 bits per heavy atom. The molecule has 0 amide bonds. The summed E-state index contributed by atoms with van der Waals surface area (Å²) in [6.07, 6.45) is 0.671. The van der Waals surface area contributed by atoms with Crippen LogP contribution in [0.25, 0.3) is 0 Å². The van der Waals surface area contributed by atoms with Gasteiger partial charge in [0.2, 0.25) is 0 Å². The van der Waals surface area contributed by atoms with Crippen LogP contribution in [0.1, 0.15) is 12.5 Å². The zero-order chi connectivity index (χ0) is 14.7. The van der Waals surface area contributed by atoms with E-state index in [1.54, 1.807) is 18.2 Å². The SMILES string of the molecule is CC(N)Cc1ccc(Oc2cccc(Cl)c2F)cc1Cl. The number of benzene rings is 2. The summed E-state index contributed by atoms with van der Waals surface area (Å²) in [6, 6.07) is 9.79. The van der Waals surface area contributed by atoms with Crippen LogP contribution in [0.3, 0.4) is 0 Å². The molecule has 1 atom stereocenters. The van der Waals surface area contributed by atoms with E-state index in [1.807, 2.05) is 13.0 Å². The van der Waals surface area contributed by atoms with Gasteiger partial charge >= 0.3 is 0 Å². The quantitative estimate of drug-likeness (QED) is 0.878. The van der Waals surface area contributed by atoms with Gasteiger partial charge in [0.05, 0.1) is 5.02 Å². The lowest BCUT2D eigenvalue weighted by Crippen LogP contribution is -2.17. The maximum atomic E-state index is 13.7. The molecule has 5 heteroatoms. The molecule has 0 aliphatic rings. The number of hydrogen-bond acceptors (Lipinski definition) is 2. The number of hydrogen-bond donors (Lipinski definition) is 1. The lowest BCUT2D eigenvalue weighted by atomic mass is 10.1. The second kappa shape index (κ2) is 6.44. The third-order valence-electron chi connectivity index (χ3n) is 2.71. The summed E-state index contributed by atoms with van der Waals surface area (Å²) in [5.74, 6) is -0.0805. The van der Waals surface area contributed by atoms with Crippen LogP contribution in [0, 0.1) is 5.82 Å². The van der Waals surface area contributed by atoms with E-state index in [2.05, 4.69) is 0 Å². The Hall–Kier alpha value is -1.29. The van der Waals surface area contributed by atoms with Gasteiger partial charge in [-0.3, -0.25) is 0 Å². The third kappa shape index (κ3) is 3.63. The standard InChI is InChI=1S/C15H14Cl2FNO/c1-9(19)7-10-5-6-11(8-13(10)17)20-14-4-2-3-12(16)15(14)18/h2-6,8-9H,7,19H2,1H3. The summed E-state index contributed by atoms with van der Waals surface area (Å²) in [5, 5.41) is 0.560. The molecule has 0 saturated heterocycles. The summed E-state index contributed by atoms with van der Waals surface area (Å²) in [5.41, 5.74) is 6.67. The molecule has 0 heterocycles. The fourth-order valence-corrected chi connectivity index (χ4v) is 2.21. The molecule has 0 spiro atoms. The molecule has 2 aromatic carbocycles. The molecule has 2 aromatic rings. The van der Waals surface area contributed by atoms with Gasteiger partial charge in [-0.05, 0) is 43.2 Å². The molecule has 0 aromatic heterocycles. The first-order valence-electron chi connectivity index (χ1n) is 6.13. The Kier molecular flexibility index (Phi) is 4.86. The Bertz CT molecular complexity index is 617. The zero-order valence-corrected chi connectivity index (χ0v) is 12.4. The molecular formula is C15H14Cl2FNO. The first-order valence-corrected chi connectivity index (χ1v) is 6.89. The van der Waals surface area contributed by atoms with Crippen LogP contribution in [0.5, 0.6) is 11.5 Å². The van der Waals surface area contributed by atoms with E-state index in [0.717, 1.165) is 5.56 Å². The van der Waals surface area contributed by atoms with Gasteiger partial charge in [-0.1, -0.05) is 35.3 Å². The van der Waals surface area contributed by atoms with Crippen LogP contribution in [0.2, 0.25) is 10.0 Å². The molecule has 2 N–H and O–H groups in total.